The molecule has 2 aromatic carbocycles. The number of hydrogen-bond acceptors (Lipinski definition) is 4. The Hall–Kier alpha value is -3.02. The van der Waals surface area contributed by atoms with Crippen LogP contribution in [0, 0.1) is 0 Å². The minimum atomic E-state index is -0.334. The summed E-state index contributed by atoms with van der Waals surface area (Å²) in [5, 5.41) is 2.90. The third kappa shape index (κ3) is 3.96. The molecule has 0 saturated carbocycles. The molecule has 0 aromatic heterocycles. The highest BCUT2D eigenvalue weighted by Gasteiger charge is 2.21. The number of anilines is 1. The molecule has 2 aromatic rings. The van der Waals surface area contributed by atoms with Crippen LogP contribution in [0.4, 0.5) is 10.5 Å². The number of carbonyl (C=O) groups excluding carboxylic acids is 2. The second kappa shape index (κ2) is 7.91. The molecule has 6 nitrogen and oxygen atoms in total. The van der Waals surface area contributed by atoms with Gasteiger partial charge in [-0.05, 0) is 60.9 Å². The number of rotatable bonds is 4. The van der Waals surface area contributed by atoms with Gasteiger partial charge in [0, 0.05) is 24.3 Å². The molecule has 1 aliphatic heterocycles. The molecule has 1 aliphatic rings. The molecule has 0 unspecified atom stereocenters. The molecule has 0 bridgehead atoms. The van der Waals surface area contributed by atoms with Gasteiger partial charge in [0.25, 0.3) is 5.91 Å². The van der Waals surface area contributed by atoms with Crippen LogP contribution >= 0.6 is 0 Å². The van der Waals surface area contributed by atoms with Gasteiger partial charge in [-0.1, -0.05) is 6.07 Å². The summed E-state index contributed by atoms with van der Waals surface area (Å²) in [5.74, 6) is 0.550. The van der Waals surface area contributed by atoms with Crippen molar-refractivity contribution in [3.8, 4) is 5.75 Å². The fraction of sp³-hybridized carbons (Fsp3) is 0.300. The van der Waals surface area contributed by atoms with Gasteiger partial charge >= 0.3 is 6.09 Å². The molecule has 0 fully saturated rings. The normalized spacial score (nSPS) is 12.9. The van der Waals surface area contributed by atoms with Crippen LogP contribution in [-0.4, -0.2) is 37.2 Å². The highest BCUT2D eigenvalue weighted by Crippen LogP contribution is 2.23. The maximum absolute atomic E-state index is 12.4. The van der Waals surface area contributed by atoms with E-state index < -0.39 is 0 Å². The summed E-state index contributed by atoms with van der Waals surface area (Å²) in [6, 6.07) is 12.8. The van der Waals surface area contributed by atoms with Crippen LogP contribution < -0.4 is 10.1 Å². The van der Waals surface area contributed by atoms with E-state index in [2.05, 4.69) is 5.32 Å². The Labute approximate surface area is 152 Å². The first kappa shape index (κ1) is 17.8. The lowest BCUT2D eigenvalue weighted by Gasteiger charge is -2.28. The van der Waals surface area contributed by atoms with Crippen molar-refractivity contribution in [2.45, 2.75) is 19.9 Å². The van der Waals surface area contributed by atoms with E-state index >= 15 is 0 Å². The van der Waals surface area contributed by atoms with Gasteiger partial charge in [-0.2, -0.15) is 0 Å². The molecule has 0 spiro atoms. The zero-order valence-corrected chi connectivity index (χ0v) is 15.0. The molecule has 3 rings (SSSR count). The van der Waals surface area contributed by atoms with Crippen molar-refractivity contribution in [3.05, 3.63) is 59.2 Å². The van der Waals surface area contributed by atoms with E-state index in [1.807, 2.05) is 25.1 Å². The first-order chi connectivity index (χ1) is 12.6. The first-order valence-corrected chi connectivity index (χ1v) is 8.59. The van der Waals surface area contributed by atoms with Crippen molar-refractivity contribution in [2.75, 3.05) is 25.6 Å². The van der Waals surface area contributed by atoms with E-state index in [1.54, 1.807) is 29.2 Å². The average molecular weight is 354 g/mol. The van der Waals surface area contributed by atoms with Gasteiger partial charge in [-0.25, -0.2) is 4.79 Å². The van der Waals surface area contributed by atoms with Crippen LogP contribution in [0.5, 0.6) is 5.75 Å². The number of carbonyl (C=O) groups is 2. The number of benzene rings is 2. The lowest BCUT2D eigenvalue weighted by Crippen LogP contribution is -2.35. The van der Waals surface area contributed by atoms with Crippen molar-refractivity contribution in [1.29, 1.82) is 0 Å². The Morgan fingerprint density at radius 1 is 1.12 bits per heavy atom. The predicted molar refractivity (Wildman–Crippen MR) is 98.5 cm³/mol. The zero-order valence-electron chi connectivity index (χ0n) is 15.0. The van der Waals surface area contributed by atoms with Gasteiger partial charge < -0.3 is 19.7 Å². The molecule has 0 saturated heterocycles. The number of hydrogen-bond donors (Lipinski definition) is 1. The summed E-state index contributed by atoms with van der Waals surface area (Å²) in [5.41, 5.74) is 3.46. The number of ether oxygens (including phenoxy) is 2. The Balaban J connectivity index is 1.70. The van der Waals surface area contributed by atoms with Crippen molar-refractivity contribution < 1.29 is 19.1 Å². The van der Waals surface area contributed by atoms with Crippen LogP contribution in [0.1, 0.15) is 28.4 Å². The van der Waals surface area contributed by atoms with Crippen LogP contribution in [0.3, 0.4) is 0 Å². The number of methoxy groups -OCH3 is 1. The number of nitrogens with zero attached hydrogens (tertiary/aromatic N) is 1. The maximum atomic E-state index is 12.4. The standard InChI is InChI=1S/C20H22N2O4/c1-3-26-18-8-5-15(6-9-18)19(23)21-17-7-4-14-10-11-22(20(24)25-2)13-16(14)12-17/h4-9,12H,3,10-11,13H2,1-2H3,(H,21,23). The summed E-state index contributed by atoms with van der Waals surface area (Å²) in [6.45, 7) is 3.62. The van der Waals surface area contributed by atoms with Crippen LogP contribution in [0.2, 0.25) is 0 Å². The SMILES string of the molecule is CCOc1ccc(C(=O)Nc2ccc3c(c2)CN(C(=O)OC)CC3)cc1. The molecule has 1 heterocycles. The summed E-state index contributed by atoms with van der Waals surface area (Å²) in [4.78, 5) is 25.8. The fourth-order valence-corrected chi connectivity index (χ4v) is 2.99. The maximum Gasteiger partial charge on any atom is 0.409 e. The highest BCUT2D eigenvalue weighted by molar-refractivity contribution is 6.04. The Morgan fingerprint density at radius 2 is 1.88 bits per heavy atom. The highest BCUT2D eigenvalue weighted by atomic mass is 16.5. The van der Waals surface area contributed by atoms with Crippen molar-refractivity contribution >= 4 is 17.7 Å². The molecule has 2 amide bonds. The van der Waals surface area contributed by atoms with Crippen LogP contribution in [-0.2, 0) is 17.7 Å². The van der Waals surface area contributed by atoms with Crippen LogP contribution in [0.15, 0.2) is 42.5 Å². The van der Waals surface area contributed by atoms with Crippen molar-refractivity contribution in [1.82, 2.24) is 4.90 Å². The van der Waals surface area contributed by atoms with Crippen molar-refractivity contribution in [2.24, 2.45) is 0 Å². The van der Waals surface area contributed by atoms with Gasteiger partial charge in [-0.3, -0.25) is 4.79 Å². The van der Waals surface area contributed by atoms with E-state index in [-0.39, 0.29) is 12.0 Å². The lowest BCUT2D eigenvalue weighted by molar-refractivity contribution is 0.102. The molecule has 26 heavy (non-hydrogen) atoms. The number of nitrogens with one attached hydrogen (secondary N) is 1. The Morgan fingerprint density at radius 3 is 2.58 bits per heavy atom. The minimum absolute atomic E-state index is 0.186. The monoisotopic (exact) mass is 354 g/mol. The molecular formula is C20H22N2O4. The molecule has 0 radical (unpaired) electrons. The van der Waals surface area contributed by atoms with Gasteiger partial charge in [0.1, 0.15) is 5.75 Å². The third-order valence-corrected chi connectivity index (χ3v) is 4.34. The summed E-state index contributed by atoms with van der Waals surface area (Å²) in [7, 11) is 1.38. The quantitative estimate of drug-likeness (QED) is 0.913. The van der Waals surface area contributed by atoms with E-state index in [9.17, 15) is 9.59 Å². The van der Waals surface area contributed by atoms with E-state index in [4.69, 9.17) is 9.47 Å². The molecule has 1 N–H and O–H groups in total. The molecule has 0 aliphatic carbocycles. The smallest absolute Gasteiger partial charge is 0.409 e. The molecular weight excluding hydrogens is 332 g/mol. The van der Waals surface area contributed by atoms with Gasteiger partial charge in [0.05, 0.1) is 13.7 Å². The topological polar surface area (TPSA) is 67.9 Å². The average Bonchev–Trinajstić information content (AvgIpc) is 2.67. The van der Waals surface area contributed by atoms with Gasteiger partial charge in [-0.15, -0.1) is 0 Å². The Kier molecular flexibility index (Phi) is 5.41. The number of amides is 2. The number of fused-ring (bicyclic) bond motifs is 1. The fourth-order valence-electron chi connectivity index (χ4n) is 2.99. The summed E-state index contributed by atoms with van der Waals surface area (Å²) < 4.78 is 10.2. The Bertz CT molecular complexity index is 802. The first-order valence-electron chi connectivity index (χ1n) is 8.59. The third-order valence-electron chi connectivity index (χ3n) is 4.34. The van der Waals surface area contributed by atoms with Gasteiger partial charge in [0.2, 0.25) is 0 Å². The van der Waals surface area contributed by atoms with E-state index in [1.165, 1.54) is 12.7 Å². The van der Waals surface area contributed by atoms with Crippen LogP contribution in [0.25, 0.3) is 0 Å². The molecule has 136 valence electrons. The lowest BCUT2D eigenvalue weighted by atomic mass is 9.99. The molecule has 6 heteroatoms. The largest absolute Gasteiger partial charge is 0.494 e. The summed E-state index contributed by atoms with van der Waals surface area (Å²) >= 11 is 0. The van der Waals surface area contributed by atoms with E-state index in [0.29, 0.717) is 30.9 Å². The van der Waals surface area contributed by atoms with Gasteiger partial charge in [0.15, 0.2) is 0 Å². The molecule has 0 atom stereocenters. The van der Waals surface area contributed by atoms with Crippen molar-refractivity contribution in [3.63, 3.8) is 0 Å². The summed E-state index contributed by atoms with van der Waals surface area (Å²) in [6.07, 6.45) is 0.442. The minimum Gasteiger partial charge on any atom is -0.494 e. The second-order valence-corrected chi connectivity index (χ2v) is 6.04. The van der Waals surface area contributed by atoms with E-state index in [0.717, 1.165) is 17.7 Å². The zero-order chi connectivity index (χ0) is 18.5. The predicted octanol–water partition coefficient (Wildman–Crippen LogP) is 3.46. The second-order valence-electron chi connectivity index (χ2n) is 6.04.